The molecule has 0 spiro atoms. The first-order valence-corrected chi connectivity index (χ1v) is 6.11. The van der Waals surface area contributed by atoms with E-state index in [1.165, 1.54) is 19.3 Å². The second-order valence-corrected chi connectivity index (χ2v) is 4.67. The summed E-state index contributed by atoms with van der Waals surface area (Å²) >= 11 is 0. The van der Waals surface area contributed by atoms with Crippen LogP contribution < -0.4 is 10.1 Å². The van der Waals surface area contributed by atoms with E-state index in [0.29, 0.717) is 18.0 Å². The number of rotatable bonds is 5. The van der Waals surface area contributed by atoms with E-state index in [1.54, 1.807) is 6.20 Å². The molecule has 0 atom stereocenters. The molecule has 1 N–H and O–H groups in total. The largest absolute Gasteiger partial charge is 0.473 e. The van der Waals surface area contributed by atoms with Crippen LogP contribution in [0.5, 0.6) is 5.88 Å². The van der Waals surface area contributed by atoms with Gasteiger partial charge in [-0.05, 0) is 32.1 Å². The van der Waals surface area contributed by atoms with E-state index in [1.807, 2.05) is 6.20 Å². The molecular weight excluding hydrogens is 202 g/mol. The zero-order valence-corrected chi connectivity index (χ0v) is 9.35. The van der Waals surface area contributed by atoms with Crippen molar-refractivity contribution in [1.82, 2.24) is 15.3 Å². The lowest BCUT2D eigenvalue weighted by Gasteiger charge is -2.25. The molecule has 2 saturated carbocycles. The zero-order chi connectivity index (χ0) is 10.8. The standard InChI is InChI=1S/C12H17N3O/c1-2-11(3-1)16-12-8-14-10(7-15-12)6-13-9-4-5-9/h7-9,11,13H,1-6H2. The molecule has 4 heteroatoms. The average Bonchev–Trinajstić information content (AvgIpc) is 3.06. The van der Waals surface area contributed by atoms with Crippen LogP contribution in [-0.4, -0.2) is 22.1 Å². The Hall–Kier alpha value is -1.16. The molecule has 0 aromatic carbocycles. The number of nitrogens with one attached hydrogen (secondary N) is 1. The molecule has 2 aliphatic carbocycles. The Morgan fingerprint density at radius 2 is 2.06 bits per heavy atom. The van der Waals surface area contributed by atoms with Gasteiger partial charge in [0.25, 0.3) is 0 Å². The smallest absolute Gasteiger partial charge is 0.232 e. The summed E-state index contributed by atoms with van der Waals surface area (Å²) in [5.74, 6) is 0.667. The van der Waals surface area contributed by atoms with E-state index in [0.717, 1.165) is 25.1 Å². The lowest BCUT2D eigenvalue weighted by molar-refractivity contribution is 0.114. The lowest BCUT2D eigenvalue weighted by atomic mass is 9.96. The third kappa shape index (κ3) is 2.50. The first-order chi connectivity index (χ1) is 7.90. The Morgan fingerprint density at radius 1 is 1.19 bits per heavy atom. The SMILES string of the molecule is c1nc(OC2CCC2)cnc1CNC1CC1. The summed E-state index contributed by atoms with van der Waals surface area (Å²) < 4.78 is 5.65. The summed E-state index contributed by atoms with van der Waals surface area (Å²) in [7, 11) is 0. The predicted octanol–water partition coefficient (Wildman–Crippen LogP) is 1.66. The Labute approximate surface area is 95.4 Å². The normalized spacial score (nSPS) is 20.5. The van der Waals surface area contributed by atoms with Crippen molar-refractivity contribution in [3.05, 3.63) is 18.1 Å². The second kappa shape index (κ2) is 4.37. The van der Waals surface area contributed by atoms with Crippen molar-refractivity contribution in [2.45, 2.75) is 50.8 Å². The molecule has 3 rings (SSSR count). The highest BCUT2D eigenvalue weighted by molar-refractivity contribution is 5.08. The van der Waals surface area contributed by atoms with Gasteiger partial charge in [0.05, 0.1) is 18.1 Å². The van der Waals surface area contributed by atoms with Gasteiger partial charge in [-0.1, -0.05) is 0 Å². The van der Waals surface area contributed by atoms with Crippen molar-refractivity contribution in [2.75, 3.05) is 0 Å². The third-order valence-corrected chi connectivity index (χ3v) is 3.17. The minimum absolute atomic E-state index is 0.379. The molecule has 0 amide bonds. The minimum atomic E-state index is 0.379. The highest BCUT2D eigenvalue weighted by Gasteiger charge is 2.21. The molecule has 2 aliphatic rings. The van der Waals surface area contributed by atoms with E-state index >= 15 is 0 Å². The van der Waals surface area contributed by atoms with Crippen LogP contribution in [0, 0.1) is 0 Å². The number of nitrogens with zero attached hydrogens (tertiary/aromatic N) is 2. The Bertz CT molecular complexity index is 344. The lowest BCUT2D eigenvalue weighted by Crippen LogP contribution is -2.25. The second-order valence-electron chi connectivity index (χ2n) is 4.67. The molecule has 1 heterocycles. The van der Waals surface area contributed by atoms with Crippen LogP contribution in [0.1, 0.15) is 37.8 Å². The molecule has 1 aromatic rings. The van der Waals surface area contributed by atoms with E-state index < -0.39 is 0 Å². The summed E-state index contributed by atoms with van der Waals surface area (Å²) in [5.41, 5.74) is 0.993. The highest BCUT2D eigenvalue weighted by atomic mass is 16.5. The quantitative estimate of drug-likeness (QED) is 0.818. The molecule has 86 valence electrons. The van der Waals surface area contributed by atoms with Gasteiger partial charge in [0, 0.05) is 12.6 Å². The van der Waals surface area contributed by atoms with Crippen LogP contribution in [0.2, 0.25) is 0 Å². The van der Waals surface area contributed by atoms with Crippen LogP contribution in [-0.2, 0) is 6.54 Å². The van der Waals surface area contributed by atoms with Gasteiger partial charge in [0.2, 0.25) is 5.88 Å². The Balaban J connectivity index is 1.51. The van der Waals surface area contributed by atoms with Gasteiger partial charge in [-0.15, -0.1) is 0 Å². The topological polar surface area (TPSA) is 47.0 Å². The fraction of sp³-hybridized carbons (Fsp3) is 0.667. The summed E-state index contributed by atoms with van der Waals surface area (Å²) in [5, 5.41) is 3.41. The molecule has 0 unspecified atom stereocenters. The van der Waals surface area contributed by atoms with Crippen molar-refractivity contribution in [3.8, 4) is 5.88 Å². The number of ether oxygens (including phenoxy) is 1. The van der Waals surface area contributed by atoms with Crippen LogP contribution >= 0.6 is 0 Å². The van der Waals surface area contributed by atoms with E-state index in [-0.39, 0.29) is 0 Å². The fourth-order valence-corrected chi connectivity index (χ4v) is 1.69. The first-order valence-electron chi connectivity index (χ1n) is 6.11. The van der Waals surface area contributed by atoms with Crippen molar-refractivity contribution < 1.29 is 4.74 Å². The van der Waals surface area contributed by atoms with Gasteiger partial charge in [0.15, 0.2) is 0 Å². The van der Waals surface area contributed by atoms with Gasteiger partial charge >= 0.3 is 0 Å². The van der Waals surface area contributed by atoms with Crippen LogP contribution in [0.4, 0.5) is 0 Å². The Morgan fingerprint density at radius 3 is 2.62 bits per heavy atom. The molecule has 0 saturated heterocycles. The maximum absolute atomic E-state index is 5.65. The van der Waals surface area contributed by atoms with Crippen molar-refractivity contribution in [1.29, 1.82) is 0 Å². The van der Waals surface area contributed by atoms with Gasteiger partial charge in [-0.2, -0.15) is 0 Å². The molecule has 16 heavy (non-hydrogen) atoms. The molecule has 0 aliphatic heterocycles. The number of hydrogen-bond acceptors (Lipinski definition) is 4. The molecule has 1 aromatic heterocycles. The van der Waals surface area contributed by atoms with E-state index in [4.69, 9.17) is 4.74 Å². The zero-order valence-electron chi connectivity index (χ0n) is 9.35. The van der Waals surface area contributed by atoms with Gasteiger partial charge < -0.3 is 10.1 Å². The highest BCUT2D eigenvalue weighted by Crippen LogP contribution is 2.23. The summed E-state index contributed by atoms with van der Waals surface area (Å²) in [4.78, 5) is 8.61. The summed E-state index contributed by atoms with van der Waals surface area (Å²) in [6, 6.07) is 0.715. The molecule has 0 bridgehead atoms. The predicted molar refractivity (Wildman–Crippen MR) is 60.2 cm³/mol. The summed E-state index contributed by atoms with van der Waals surface area (Å²) in [6.07, 6.45) is 10.1. The third-order valence-electron chi connectivity index (χ3n) is 3.17. The first kappa shape index (κ1) is 10.0. The molecular formula is C12H17N3O. The maximum Gasteiger partial charge on any atom is 0.232 e. The van der Waals surface area contributed by atoms with Crippen LogP contribution in [0.15, 0.2) is 12.4 Å². The fourth-order valence-electron chi connectivity index (χ4n) is 1.69. The minimum Gasteiger partial charge on any atom is -0.473 e. The van der Waals surface area contributed by atoms with Crippen molar-refractivity contribution >= 4 is 0 Å². The average molecular weight is 219 g/mol. The van der Waals surface area contributed by atoms with Crippen LogP contribution in [0.3, 0.4) is 0 Å². The van der Waals surface area contributed by atoms with Gasteiger partial charge in [0.1, 0.15) is 6.10 Å². The Kier molecular flexibility index (Phi) is 2.74. The van der Waals surface area contributed by atoms with Gasteiger partial charge in [-0.25, -0.2) is 4.98 Å². The van der Waals surface area contributed by atoms with Crippen molar-refractivity contribution in [2.24, 2.45) is 0 Å². The van der Waals surface area contributed by atoms with E-state index in [2.05, 4.69) is 15.3 Å². The van der Waals surface area contributed by atoms with Crippen molar-refractivity contribution in [3.63, 3.8) is 0 Å². The molecule has 0 radical (unpaired) electrons. The van der Waals surface area contributed by atoms with Crippen LogP contribution in [0.25, 0.3) is 0 Å². The molecule has 2 fully saturated rings. The van der Waals surface area contributed by atoms with E-state index in [9.17, 15) is 0 Å². The molecule has 4 nitrogen and oxygen atoms in total. The number of aromatic nitrogens is 2. The maximum atomic E-state index is 5.65. The number of hydrogen-bond donors (Lipinski definition) is 1. The van der Waals surface area contributed by atoms with Gasteiger partial charge in [-0.3, -0.25) is 4.98 Å². The monoisotopic (exact) mass is 219 g/mol. The summed E-state index contributed by atoms with van der Waals surface area (Å²) in [6.45, 7) is 0.821.